The van der Waals surface area contributed by atoms with E-state index in [0.717, 1.165) is 0 Å². The number of methoxy groups -OCH3 is 1. The summed E-state index contributed by atoms with van der Waals surface area (Å²) in [7, 11) is 1.50. The second kappa shape index (κ2) is 10.3. The third-order valence-electron chi connectivity index (χ3n) is 4.32. The predicted molar refractivity (Wildman–Crippen MR) is 114 cm³/mol. The van der Waals surface area contributed by atoms with Gasteiger partial charge in [-0.3, -0.25) is 14.4 Å². The molecule has 0 bridgehead atoms. The second-order valence-corrected chi connectivity index (χ2v) is 7.13. The van der Waals surface area contributed by atoms with Gasteiger partial charge in [-0.2, -0.15) is 0 Å². The largest absolute Gasteiger partial charge is 0.496 e. The number of carbonyl (C=O) groups is 3. The Labute approximate surface area is 179 Å². The van der Waals surface area contributed by atoms with Gasteiger partial charge in [0.05, 0.1) is 35.8 Å². The molecule has 0 fully saturated rings. The molecule has 2 rings (SSSR count). The van der Waals surface area contributed by atoms with Crippen molar-refractivity contribution in [3.05, 3.63) is 57.6 Å². The van der Waals surface area contributed by atoms with E-state index >= 15 is 0 Å². The number of ketones is 1. The fourth-order valence-electron chi connectivity index (χ4n) is 2.76. The van der Waals surface area contributed by atoms with E-state index in [-0.39, 0.29) is 24.7 Å². The number of likely N-dealkylation sites (N-methyl/N-ethyl adjacent to an activating group) is 1. The van der Waals surface area contributed by atoms with Gasteiger partial charge in [-0.15, -0.1) is 0 Å². The van der Waals surface area contributed by atoms with Gasteiger partial charge in [0.15, 0.2) is 5.78 Å². The minimum atomic E-state index is -0.417. The van der Waals surface area contributed by atoms with Crippen LogP contribution in [0.4, 0.5) is 5.69 Å². The molecule has 0 radical (unpaired) electrons. The van der Waals surface area contributed by atoms with Gasteiger partial charge in [0.1, 0.15) is 5.75 Å². The summed E-state index contributed by atoms with van der Waals surface area (Å²) in [6.07, 6.45) is -0.00172. The topological polar surface area (TPSA) is 75.7 Å². The van der Waals surface area contributed by atoms with Gasteiger partial charge >= 0.3 is 0 Å². The summed E-state index contributed by atoms with van der Waals surface area (Å²) in [4.78, 5) is 38.2. The van der Waals surface area contributed by atoms with Crippen molar-refractivity contribution in [1.29, 1.82) is 0 Å². The molecule has 6 nitrogen and oxygen atoms in total. The summed E-state index contributed by atoms with van der Waals surface area (Å²) in [5.41, 5.74) is 1.38. The van der Waals surface area contributed by atoms with Crippen molar-refractivity contribution in [3.8, 4) is 5.75 Å². The summed E-state index contributed by atoms with van der Waals surface area (Å²) < 4.78 is 5.29. The molecule has 0 unspecified atom stereocenters. The zero-order valence-corrected chi connectivity index (χ0v) is 17.9. The molecule has 0 saturated carbocycles. The Kier molecular flexibility index (Phi) is 8.05. The van der Waals surface area contributed by atoms with Crippen molar-refractivity contribution in [3.63, 3.8) is 0 Å². The first-order valence-corrected chi connectivity index (χ1v) is 9.71. The lowest BCUT2D eigenvalue weighted by Gasteiger charge is -2.21. The minimum Gasteiger partial charge on any atom is -0.496 e. The highest BCUT2D eigenvalue weighted by atomic mass is 35.5. The standard InChI is InChI=1S/C21H22Cl2N2O4/c1-4-25(12-19(27)24-21-16(22)6-5-7-17(21)23)20(28)11-15-10-14(13(2)26)8-9-18(15)29-3/h5-10H,4,11-12H2,1-3H3,(H,24,27). The van der Waals surface area contributed by atoms with E-state index in [1.807, 2.05) is 0 Å². The molecular formula is C21H22Cl2N2O4. The lowest BCUT2D eigenvalue weighted by molar-refractivity contribution is -0.133. The van der Waals surface area contributed by atoms with Gasteiger partial charge in [0.25, 0.3) is 0 Å². The Morgan fingerprint density at radius 2 is 1.76 bits per heavy atom. The van der Waals surface area contributed by atoms with Gasteiger partial charge < -0.3 is 15.0 Å². The number of hydrogen-bond donors (Lipinski definition) is 1. The lowest BCUT2D eigenvalue weighted by Crippen LogP contribution is -2.38. The van der Waals surface area contributed by atoms with Crippen molar-refractivity contribution < 1.29 is 19.1 Å². The zero-order valence-electron chi connectivity index (χ0n) is 16.4. The first-order chi connectivity index (χ1) is 13.8. The van der Waals surface area contributed by atoms with E-state index in [2.05, 4.69) is 5.32 Å². The minimum absolute atomic E-state index is 0.00172. The van der Waals surface area contributed by atoms with Crippen LogP contribution in [0.5, 0.6) is 5.75 Å². The third kappa shape index (κ3) is 5.95. The fraction of sp³-hybridized carbons (Fsp3) is 0.286. The average molecular weight is 437 g/mol. The summed E-state index contributed by atoms with van der Waals surface area (Å²) in [6.45, 7) is 3.40. The first kappa shape index (κ1) is 22.7. The number of anilines is 1. The SMILES string of the molecule is CCN(CC(=O)Nc1c(Cl)cccc1Cl)C(=O)Cc1cc(C(C)=O)ccc1OC. The fourth-order valence-corrected chi connectivity index (χ4v) is 3.25. The number of para-hydroxylation sites is 1. The average Bonchev–Trinajstić information content (AvgIpc) is 2.68. The van der Waals surface area contributed by atoms with E-state index in [1.165, 1.54) is 18.9 Å². The predicted octanol–water partition coefficient (Wildman–Crippen LogP) is 4.23. The highest BCUT2D eigenvalue weighted by Gasteiger charge is 2.19. The molecule has 0 aromatic heterocycles. The number of Topliss-reactive ketones (excluding diaryl/α,β-unsaturated/α-hetero) is 1. The molecule has 1 N–H and O–H groups in total. The molecule has 8 heteroatoms. The van der Waals surface area contributed by atoms with Crippen LogP contribution in [0.25, 0.3) is 0 Å². The van der Waals surface area contributed by atoms with E-state index in [0.29, 0.717) is 39.2 Å². The van der Waals surface area contributed by atoms with Crippen molar-refractivity contribution in [2.75, 3.05) is 25.5 Å². The van der Waals surface area contributed by atoms with Crippen molar-refractivity contribution in [2.24, 2.45) is 0 Å². The third-order valence-corrected chi connectivity index (χ3v) is 4.95. The molecular weight excluding hydrogens is 415 g/mol. The van der Waals surface area contributed by atoms with Crippen molar-refractivity contribution >= 4 is 46.5 Å². The van der Waals surface area contributed by atoms with Crippen LogP contribution in [0.15, 0.2) is 36.4 Å². The molecule has 0 spiro atoms. The molecule has 154 valence electrons. The highest BCUT2D eigenvalue weighted by molar-refractivity contribution is 6.39. The Balaban J connectivity index is 2.12. The maximum absolute atomic E-state index is 12.8. The second-order valence-electron chi connectivity index (χ2n) is 6.31. The van der Waals surface area contributed by atoms with Gasteiger partial charge in [0, 0.05) is 17.7 Å². The summed E-state index contributed by atoms with van der Waals surface area (Å²) in [5.74, 6) is -0.289. The number of hydrogen-bond acceptors (Lipinski definition) is 4. The van der Waals surface area contributed by atoms with Crippen molar-refractivity contribution in [2.45, 2.75) is 20.3 Å². The van der Waals surface area contributed by atoms with Crippen LogP contribution in [-0.4, -0.2) is 42.7 Å². The van der Waals surface area contributed by atoms with Crippen LogP contribution in [0.1, 0.15) is 29.8 Å². The van der Waals surface area contributed by atoms with Gasteiger partial charge in [-0.05, 0) is 44.2 Å². The number of carbonyl (C=O) groups excluding carboxylic acids is 3. The monoisotopic (exact) mass is 436 g/mol. The molecule has 2 aromatic rings. The summed E-state index contributed by atoms with van der Waals surface area (Å²) in [6, 6.07) is 9.83. The highest BCUT2D eigenvalue weighted by Crippen LogP contribution is 2.29. The molecule has 2 amide bonds. The molecule has 0 aliphatic heterocycles. The number of amides is 2. The Hall–Kier alpha value is -2.57. The molecule has 29 heavy (non-hydrogen) atoms. The summed E-state index contributed by atoms with van der Waals surface area (Å²) in [5, 5.41) is 3.26. The number of halogens is 2. The van der Waals surface area contributed by atoms with Gasteiger partial charge in [-0.25, -0.2) is 0 Å². The molecule has 0 heterocycles. The van der Waals surface area contributed by atoms with Crippen LogP contribution < -0.4 is 10.1 Å². The normalized spacial score (nSPS) is 10.4. The Morgan fingerprint density at radius 3 is 2.31 bits per heavy atom. The van der Waals surface area contributed by atoms with Crippen LogP contribution in [-0.2, 0) is 16.0 Å². The van der Waals surface area contributed by atoms with E-state index in [4.69, 9.17) is 27.9 Å². The zero-order chi connectivity index (χ0) is 21.6. The maximum atomic E-state index is 12.8. The van der Waals surface area contributed by atoms with Crippen molar-refractivity contribution in [1.82, 2.24) is 4.90 Å². The van der Waals surface area contributed by atoms with Gasteiger partial charge in [-0.1, -0.05) is 29.3 Å². The van der Waals surface area contributed by atoms with Crippen LogP contribution in [0.2, 0.25) is 10.0 Å². The van der Waals surface area contributed by atoms with E-state index < -0.39 is 5.91 Å². The Morgan fingerprint density at radius 1 is 1.10 bits per heavy atom. The maximum Gasteiger partial charge on any atom is 0.244 e. The molecule has 2 aromatic carbocycles. The molecule has 0 atom stereocenters. The number of benzene rings is 2. The Bertz CT molecular complexity index is 911. The van der Waals surface area contributed by atoms with E-state index in [1.54, 1.807) is 43.3 Å². The molecule has 0 aliphatic carbocycles. The number of rotatable bonds is 8. The van der Waals surface area contributed by atoms with Crippen LogP contribution in [0.3, 0.4) is 0 Å². The lowest BCUT2D eigenvalue weighted by atomic mass is 10.0. The van der Waals surface area contributed by atoms with E-state index in [9.17, 15) is 14.4 Å². The molecule has 0 saturated heterocycles. The quantitative estimate of drug-likeness (QED) is 0.627. The van der Waals surface area contributed by atoms with Crippen LogP contribution in [0, 0.1) is 0 Å². The number of nitrogens with one attached hydrogen (secondary N) is 1. The number of ether oxygens (including phenoxy) is 1. The first-order valence-electron chi connectivity index (χ1n) is 8.96. The molecule has 0 aliphatic rings. The van der Waals surface area contributed by atoms with Crippen LogP contribution >= 0.6 is 23.2 Å². The number of nitrogens with zero attached hydrogens (tertiary/aromatic N) is 1. The van der Waals surface area contributed by atoms with Gasteiger partial charge in [0.2, 0.25) is 11.8 Å². The summed E-state index contributed by atoms with van der Waals surface area (Å²) >= 11 is 12.1. The smallest absolute Gasteiger partial charge is 0.244 e.